The quantitative estimate of drug-likeness (QED) is 0.800. The average Bonchev–Trinajstić information content (AvgIpc) is 2.37. The monoisotopic (exact) mass is 282 g/mol. The van der Waals surface area contributed by atoms with Gasteiger partial charge in [-0.05, 0) is 25.2 Å². The van der Waals surface area contributed by atoms with Crippen LogP contribution in [-0.2, 0) is 9.53 Å². The van der Waals surface area contributed by atoms with Crippen LogP contribution in [0.4, 0.5) is 0 Å². The third-order valence-electron chi connectivity index (χ3n) is 4.99. The number of carbonyl (C=O) groups is 1. The molecule has 1 spiro atoms. The van der Waals surface area contributed by atoms with E-state index in [2.05, 4.69) is 33.0 Å². The second-order valence-corrected chi connectivity index (χ2v) is 7.66. The number of hydrogen-bond acceptors (Lipinski definition) is 3. The lowest BCUT2D eigenvalue weighted by Crippen LogP contribution is -2.59. The number of amides is 1. The van der Waals surface area contributed by atoms with Gasteiger partial charge in [-0.1, -0.05) is 27.7 Å². The van der Waals surface area contributed by atoms with E-state index in [0.717, 1.165) is 39.0 Å². The number of nitrogens with one attached hydrogen (secondary N) is 1. The van der Waals surface area contributed by atoms with E-state index in [1.807, 2.05) is 11.8 Å². The smallest absolute Gasteiger partial charge is 0.225 e. The van der Waals surface area contributed by atoms with Gasteiger partial charge in [0.15, 0.2) is 0 Å². The summed E-state index contributed by atoms with van der Waals surface area (Å²) < 4.78 is 6.17. The Morgan fingerprint density at radius 3 is 2.45 bits per heavy atom. The van der Waals surface area contributed by atoms with Crippen LogP contribution in [0.2, 0.25) is 0 Å². The van der Waals surface area contributed by atoms with Gasteiger partial charge in [0.2, 0.25) is 5.91 Å². The van der Waals surface area contributed by atoms with Gasteiger partial charge in [0, 0.05) is 32.1 Å². The van der Waals surface area contributed by atoms with E-state index in [9.17, 15) is 4.79 Å². The highest BCUT2D eigenvalue weighted by molar-refractivity contribution is 5.79. The minimum absolute atomic E-state index is 0.0314. The van der Waals surface area contributed by atoms with Crippen LogP contribution in [0, 0.1) is 11.3 Å². The standard InChI is InChI=1S/C16H30N2O2/c1-12-10-17-11-16(20-12)6-8-18(9-7-16)14(19)13(2)15(3,4)5/h12-13,17H,6-11H2,1-5H3. The number of likely N-dealkylation sites (tertiary alicyclic amines) is 1. The SMILES string of the molecule is CC1CNCC2(CCN(C(=O)C(C)C(C)(C)C)CC2)O1. The first kappa shape index (κ1) is 15.8. The molecule has 0 saturated carbocycles. The average molecular weight is 282 g/mol. The molecule has 1 N–H and O–H groups in total. The fourth-order valence-corrected chi connectivity index (χ4v) is 3.09. The molecule has 2 rings (SSSR count). The van der Waals surface area contributed by atoms with Gasteiger partial charge in [-0.3, -0.25) is 4.79 Å². The number of rotatable bonds is 1. The van der Waals surface area contributed by atoms with Gasteiger partial charge in [0.05, 0.1) is 11.7 Å². The van der Waals surface area contributed by atoms with Gasteiger partial charge in [0.25, 0.3) is 0 Å². The van der Waals surface area contributed by atoms with E-state index in [1.165, 1.54) is 0 Å². The largest absolute Gasteiger partial charge is 0.369 e. The number of nitrogens with zero attached hydrogens (tertiary/aromatic N) is 1. The van der Waals surface area contributed by atoms with Crippen molar-refractivity contribution in [1.29, 1.82) is 0 Å². The lowest BCUT2D eigenvalue weighted by Gasteiger charge is -2.47. The maximum Gasteiger partial charge on any atom is 0.225 e. The van der Waals surface area contributed by atoms with Gasteiger partial charge in [-0.15, -0.1) is 0 Å². The minimum Gasteiger partial charge on any atom is -0.369 e. The van der Waals surface area contributed by atoms with E-state index in [0.29, 0.717) is 5.91 Å². The van der Waals surface area contributed by atoms with Crippen LogP contribution in [0.1, 0.15) is 47.5 Å². The van der Waals surface area contributed by atoms with Crippen molar-refractivity contribution in [3.8, 4) is 0 Å². The molecule has 2 heterocycles. The molecule has 116 valence electrons. The normalized spacial score (nSPS) is 28.4. The van der Waals surface area contributed by atoms with Crippen LogP contribution in [0.5, 0.6) is 0 Å². The molecule has 20 heavy (non-hydrogen) atoms. The molecule has 0 bridgehead atoms. The second-order valence-electron chi connectivity index (χ2n) is 7.66. The molecule has 1 amide bonds. The molecule has 0 radical (unpaired) electrons. The number of hydrogen-bond donors (Lipinski definition) is 1. The van der Waals surface area contributed by atoms with Crippen LogP contribution in [0.3, 0.4) is 0 Å². The molecule has 2 aliphatic heterocycles. The minimum atomic E-state index is -0.0422. The number of ether oxygens (including phenoxy) is 1. The van der Waals surface area contributed by atoms with Crippen molar-refractivity contribution >= 4 is 5.91 Å². The molecule has 2 unspecified atom stereocenters. The summed E-state index contributed by atoms with van der Waals surface area (Å²) in [6.45, 7) is 14.1. The summed E-state index contributed by atoms with van der Waals surface area (Å²) in [5.74, 6) is 0.366. The van der Waals surface area contributed by atoms with Gasteiger partial charge in [-0.2, -0.15) is 0 Å². The van der Waals surface area contributed by atoms with E-state index < -0.39 is 0 Å². The number of piperidine rings is 1. The van der Waals surface area contributed by atoms with Crippen LogP contribution < -0.4 is 5.32 Å². The molecule has 2 saturated heterocycles. The zero-order chi connectivity index (χ0) is 15.0. The Hall–Kier alpha value is -0.610. The third kappa shape index (κ3) is 3.34. The van der Waals surface area contributed by atoms with Gasteiger partial charge in [-0.25, -0.2) is 0 Å². The van der Waals surface area contributed by atoms with Crippen molar-refractivity contribution in [3.63, 3.8) is 0 Å². The van der Waals surface area contributed by atoms with E-state index >= 15 is 0 Å². The van der Waals surface area contributed by atoms with Crippen molar-refractivity contribution < 1.29 is 9.53 Å². The lowest BCUT2D eigenvalue weighted by molar-refractivity contribution is -0.154. The molecular weight excluding hydrogens is 252 g/mol. The summed E-state index contributed by atoms with van der Waals surface area (Å²) in [6, 6.07) is 0. The topological polar surface area (TPSA) is 41.6 Å². The third-order valence-corrected chi connectivity index (χ3v) is 4.99. The molecule has 0 aromatic carbocycles. The maximum atomic E-state index is 12.5. The van der Waals surface area contributed by atoms with E-state index in [4.69, 9.17) is 4.74 Å². The predicted molar refractivity (Wildman–Crippen MR) is 80.6 cm³/mol. The van der Waals surface area contributed by atoms with Crippen molar-refractivity contribution in [2.24, 2.45) is 11.3 Å². The summed E-state index contributed by atoms with van der Waals surface area (Å²) >= 11 is 0. The highest BCUT2D eigenvalue weighted by Gasteiger charge is 2.41. The molecular formula is C16H30N2O2. The molecule has 2 fully saturated rings. The van der Waals surface area contributed by atoms with Crippen LogP contribution in [0.25, 0.3) is 0 Å². The highest BCUT2D eigenvalue weighted by atomic mass is 16.5. The van der Waals surface area contributed by atoms with Gasteiger partial charge >= 0.3 is 0 Å². The van der Waals surface area contributed by atoms with Crippen LogP contribution in [-0.4, -0.2) is 48.7 Å². The molecule has 2 atom stereocenters. The van der Waals surface area contributed by atoms with Crippen molar-refractivity contribution in [2.45, 2.75) is 59.2 Å². The summed E-state index contributed by atoms with van der Waals surface area (Å²) in [6.07, 6.45) is 2.18. The Morgan fingerprint density at radius 2 is 1.95 bits per heavy atom. The Kier molecular flexibility index (Phi) is 4.45. The maximum absolute atomic E-state index is 12.5. The van der Waals surface area contributed by atoms with Crippen molar-refractivity contribution in [3.05, 3.63) is 0 Å². The first-order valence-electron chi connectivity index (χ1n) is 7.91. The van der Waals surface area contributed by atoms with Crippen LogP contribution in [0.15, 0.2) is 0 Å². The van der Waals surface area contributed by atoms with Crippen molar-refractivity contribution in [1.82, 2.24) is 10.2 Å². The summed E-state index contributed by atoms with van der Waals surface area (Å²) in [5.41, 5.74) is -0.0109. The first-order valence-corrected chi connectivity index (χ1v) is 7.91. The Labute approximate surface area is 123 Å². The highest BCUT2D eigenvalue weighted by Crippen LogP contribution is 2.32. The fraction of sp³-hybridized carbons (Fsp3) is 0.938. The summed E-state index contributed by atoms with van der Waals surface area (Å²) in [4.78, 5) is 14.6. The summed E-state index contributed by atoms with van der Waals surface area (Å²) in [7, 11) is 0. The molecule has 0 aliphatic carbocycles. The fourth-order valence-electron chi connectivity index (χ4n) is 3.09. The molecule has 2 aliphatic rings. The summed E-state index contributed by atoms with van der Waals surface area (Å²) in [5, 5.41) is 3.46. The Bertz CT molecular complexity index is 354. The molecule has 0 aromatic rings. The second kappa shape index (κ2) is 5.64. The molecule has 0 aromatic heterocycles. The molecule has 4 nitrogen and oxygen atoms in total. The number of morpholine rings is 1. The molecule has 4 heteroatoms. The number of carbonyl (C=O) groups excluding carboxylic acids is 1. The Morgan fingerprint density at radius 1 is 1.35 bits per heavy atom. The zero-order valence-electron chi connectivity index (χ0n) is 13.7. The van der Waals surface area contributed by atoms with Gasteiger partial charge in [0.1, 0.15) is 0 Å². The first-order chi connectivity index (χ1) is 9.23. The Balaban J connectivity index is 1.92. The zero-order valence-corrected chi connectivity index (χ0v) is 13.7. The predicted octanol–water partition coefficient (Wildman–Crippen LogP) is 2.04. The lowest BCUT2D eigenvalue weighted by atomic mass is 9.80. The van der Waals surface area contributed by atoms with Gasteiger partial charge < -0.3 is 15.0 Å². The van der Waals surface area contributed by atoms with Crippen LogP contribution >= 0.6 is 0 Å². The van der Waals surface area contributed by atoms with Crippen molar-refractivity contribution in [2.75, 3.05) is 26.2 Å². The van der Waals surface area contributed by atoms with E-state index in [1.54, 1.807) is 0 Å². The van der Waals surface area contributed by atoms with E-state index in [-0.39, 0.29) is 23.0 Å².